The van der Waals surface area contributed by atoms with Gasteiger partial charge in [0.1, 0.15) is 0 Å². The summed E-state index contributed by atoms with van der Waals surface area (Å²) in [5.41, 5.74) is 6.12. The van der Waals surface area contributed by atoms with E-state index in [4.69, 9.17) is 10.8 Å². The molecule has 3 N–H and O–H groups in total. The van der Waals surface area contributed by atoms with Crippen LogP contribution in [0.15, 0.2) is 30.3 Å². The lowest BCUT2D eigenvalue weighted by molar-refractivity contribution is -0.138. The first-order valence-electron chi connectivity index (χ1n) is 4.52. The summed E-state index contributed by atoms with van der Waals surface area (Å²) in [5.74, 6) is -1.08. The molecule has 16 heavy (non-hydrogen) atoms. The minimum Gasteiger partial charge on any atom is -0.480 e. The molecule has 82 valence electrons. The van der Waals surface area contributed by atoms with Gasteiger partial charge in [-0.1, -0.05) is 18.2 Å². The largest absolute Gasteiger partial charge is 0.480 e. The molecule has 1 atom stereocenters. The number of hydrogen-bond donors (Lipinski definition) is 2. The summed E-state index contributed by atoms with van der Waals surface area (Å²) in [6, 6.07) is 7.71. The molecule has 7 heteroatoms. The molecule has 0 aliphatic rings. The molecule has 0 radical (unpaired) electrons. The summed E-state index contributed by atoms with van der Waals surface area (Å²) in [4.78, 5) is 10.7. The van der Waals surface area contributed by atoms with Gasteiger partial charge in [0.25, 0.3) is 0 Å². The molecule has 1 aromatic carbocycles. The second-order valence-electron chi connectivity index (χ2n) is 3.10. The first-order chi connectivity index (χ1) is 7.70. The Balaban J connectivity index is 2.44. The number of carbonyl (C=O) groups is 1. The van der Waals surface area contributed by atoms with Crippen molar-refractivity contribution in [2.75, 3.05) is 0 Å². The van der Waals surface area contributed by atoms with E-state index in [0.717, 1.165) is 0 Å². The van der Waals surface area contributed by atoms with Crippen LogP contribution >= 0.6 is 0 Å². The second-order valence-corrected chi connectivity index (χ2v) is 3.10. The average molecular weight is 219 g/mol. The maximum Gasteiger partial charge on any atom is 0.328 e. The van der Waals surface area contributed by atoms with Crippen molar-refractivity contribution in [2.45, 2.75) is 6.04 Å². The minimum absolute atomic E-state index is 0.0960. The predicted molar refractivity (Wildman–Crippen MR) is 53.7 cm³/mol. The van der Waals surface area contributed by atoms with Gasteiger partial charge in [-0.05, 0) is 22.6 Å². The summed E-state index contributed by atoms with van der Waals surface area (Å²) >= 11 is 0. The van der Waals surface area contributed by atoms with Crippen molar-refractivity contribution in [3.8, 4) is 5.69 Å². The van der Waals surface area contributed by atoms with Crippen LogP contribution in [0.1, 0.15) is 11.9 Å². The maximum atomic E-state index is 10.7. The number of aromatic nitrogens is 4. The van der Waals surface area contributed by atoms with E-state index in [1.807, 2.05) is 6.07 Å². The first kappa shape index (κ1) is 10.2. The Morgan fingerprint density at radius 1 is 1.38 bits per heavy atom. The van der Waals surface area contributed by atoms with E-state index in [-0.39, 0.29) is 5.82 Å². The number of tetrazole rings is 1. The van der Waals surface area contributed by atoms with Crippen LogP contribution in [0.4, 0.5) is 0 Å². The van der Waals surface area contributed by atoms with Gasteiger partial charge in [0.05, 0.1) is 5.69 Å². The standard InChI is InChI=1S/C9H9N5O2/c10-7(9(15)16)8-11-12-13-14(8)6-4-2-1-3-5-6/h1-5,7H,10H2,(H,15,16). The molecule has 0 fully saturated rings. The second kappa shape index (κ2) is 4.07. The zero-order chi connectivity index (χ0) is 11.5. The molecule has 0 aliphatic carbocycles. The lowest BCUT2D eigenvalue weighted by Gasteiger charge is -2.06. The van der Waals surface area contributed by atoms with Crippen molar-refractivity contribution in [3.05, 3.63) is 36.2 Å². The summed E-state index contributed by atoms with van der Waals surface area (Å²) < 4.78 is 1.30. The quantitative estimate of drug-likeness (QED) is 0.736. The maximum absolute atomic E-state index is 10.7. The Morgan fingerprint density at radius 2 is 2.06 bits per heavy atom. The molecule has 0 bridgehead atoms. The number of nitrogens with two attached hydrogens (primary N) is 1. The number of benzene rings is 1. The molecule has 0 amide bonds. The normalized spacial score (nSPS) is 12.3. The Morgan fingerprint density at radius 3 is 2.69 bits per heavy atom. The van der Waals surface area contributed by atoms with Gasteiger partial charge in [-0.15, -0.1) is 5.10 Å². The number of carboxylic acids is 1. The highest BCUT2D eigenvalue weighted by Crippen LogP contribution is 2.11. The molecule has 0 spiro atoms. The van der Waals surface area contributed by atoms with Crippen LogP contribution in [0.3, 0.4) is 0 Å². The van der Waals surface area contributed by atoms with Crippen molar-refractivity contribution in [2.24, 2.45) is 5.73 Å². The van der Waals surface area contributed by atoms with E-state index in [9.17, 15) is 4.79 Å². The van der Waals surface area contributed by atoms with Crippen molar-refractivity contribution < 1.29 is 9.90 Å². The van der Waals surface area contributed by atoms with Crippen LogP contribution in [0.2, 0.25) is 0 Å². The number of carboxylic acid groups (broad SMARTS) is 1. The van der Waals surface area contributed by atoms with E-state index in [2.05, 4.69) is 15.5 Å². The monoisotopic (exact) mass is 219 g/mol. The molecule has 0 aliphatic heterocycles. The lowest BCUT2D eigenvalue weighted by atomic mass is 10.2. The summed E-state index contributed by atoms with van der Waals surface area (Å²) in [7, 11) is 0. The molecular weight excluding hydrogens is 210 g/mol. The smallest absolute Gasteiger partial charge is 0.328 e. The number of rotatable bonds is 3. The van der Waals surface area contributed by atoms with Crippen LogP contribution in [-0.2, 0) is 4.79 Å². The van der Waals surface area contributed by atoms with E-state index < -0.39 is 12.0 Å². The van der Waals surface area contributed by atoms with Crippen molar-refractivity contribution in [1.82, 2.24) is 20.2 Å². The third kappa shape index (κ3) is 1.75. The van der Waals surface area contributed by atoms with Gasteiger partial charge in [0, 0.05) is 0 Å². The van der Waals surface area contributed by atoms with Crippen LogP contribution in [-0.4, -0.2) is 31.3 Å². The van der Waals surface area contributed by atoms with Crippen LogP contribution in [0.5, 0.6) is 0 Å². The molecule has 7 nitrogen and oxygen atoms in total. The van der Waals surface area contributed by atoms with Crippen molar-refractivity contribution in [3.63, 3.8) is 0 Å². The van der Waals surface area contributed by atoms with E-state index in [1.165, 1.54) is 4.68 Å². The van der Waals surface area contributed by atoms with Crippen molar-refractivity contribution >= 4 is 5.97 Å². The van der Waals surface area contributed by atoms with Gasteiger partial charge in [0.15, 0.2) is 11.9 Å². The molecule has 0 saturated carbocycles. The zero-order valence-electron chi connectivity index (χ0n) is 8.19. The molecule has 1 aromatic heterocycles. The lowest BCUT2D eigenvalue weighted by Crippen LogP contribution is -2.24. The number of aliphatic carboxylic acids is 1. The van der Waals surface area contributed by atoms with Gasteiger partial charge in [0.2, 0.25) is 0 Å². The van der Waals surface area contributed by atoms with Crippen LogP contribution in [0.25, 0.3) is 5.69 Å². The fraction of sp³-hybridized carbons (Fsp3) is 0.111. The molecule has 2 aromatic rings. The number of hydrogen-bond acceptors (Lipinski definition) is 5. The highest BCUT2D eigenvalue weighted by atomic mass is 16.4. The Labute approximate surface area is 90.5 Å². The summed E-state index contributed by atoms with van der Waals surface area (Å²) in [6.07, 6.45) is 0. The number of para-hydroxylation sites is 1. The predicted octanol–water partition coefficient (Wildman–Crippen LogP) is -0.253. The van der Waals surface area contributed by atoms with Gasteiger partial charge >= 0.3 is 5.97 Å². The van der Waals surface area contributed by atoms with E-state index in [1.54, 1.807) is 24.3 Å². The third-order valence-electron chi connectivity index (χ3n) is 2.04. The number of nitrogens with zero attached hydrogens (tertiary/aromatic N) is 4. The SMILES string of the molecule is NC(C(=O)O)c1nnnn1-c1ccccc1. The zero-order valence-corrected chi connectivity index (χ0v) is 8.19. The summed E-state index contributed by atoms with van der Waals surface area (Å²) in [6.45, 7) is 0. The van der Waals surface area contributed by atoms with Gasteiger partial charge in [-0.2, -0.15) is 4.68 Å². The van der Waals surface area contributed by atoms with E-state index in [0.29, 0.717) is 5.69 Å². The minimum atomic E-state index is -1.24. The Hall–Kier alpha value is -2.28. The van der Waals surface area contributed by atoms with Gasteiger partial charge < -0.3 is 10.8 Å². The third-order valence-corrected chi connectivity index (χ3v) is 2.04. The highest BCUT2D eigenvalue weighted by Gasteiger charge is 2.22. The molecule has 2 rings (SSSR count). The Bertz CT molecular complexity index is 496. The molecule has 1 heterocycles. The van der Waals surface area contributed by atoms with Gasteiger partial charge in [-0.25, -0.2) is 0 Å². The van der Waals surface area contributed by atoms with Crippen molar-refractivity contribution in [1.29, 1.82) is 0 Å². The summed E-state index contributed by atoms with van der Waals surface area (Å²) in [5, 5.41) is 19.5. The van der Waals surface area contributed by atoms with Gasteiger partial charge in [-0.3, -0.25) is 4.79 Å². The van der Waals surface area contributed by atoms with E-state index >= 15 is 0 Å². The fourth-order valence-corrected chi connectivity index (χ4v) is 1.25. The molecular formula is C9H9N5O2. The molecule has 0 saturated heterocycles. The fourth-order valence-electron chi connectivity index (χ4n) is 1.25. The molecule has 1 unspecified atom stereocenters. The Kier molecular flexibility index (Phi) is 2.61. The van der Waals surface area contributed by atoms with Crippen LogP contribution in [0, 0.1) is 0 Å². The average Bonchev–Trinajstić information content (AvgIpc) is 2.77. The first-order valence-corrected chi connectivity index (χ1v) is 4.52. The topological polar surface area (TPSA) is 107 Å². The van der Waals surface area contributed by atoms with Crippen LogP contribution < -0.4 is 5.73 Å². The highest BCUT2D eigenvalue weighted by molar-refractivity contribution is 5.74.